The molecule has 0 amide bonds. The van der Waals surface area contributed by atoms with Crippen molar-refractivity contribution in [2.75, 3.05) is 23.3 Å². The van der Waals surface area contributed by atoms with E-state index in [1.807, 2.05) is 12.1 Å². The minimum absolute atomic E-state index is 0.183. The van der Waals surface area contributed by atoms with Crippen molar-refractivity contribution in [3.05, 3.63) is 54.1 Å². The molecule has 140 valence electrons. The molecule has 0 bridgehead atoms. The first-order valence-corrected chi connectivity index (χ1v) is 9.68. The molecule has 3 aromatic rings. The number of guanidine groups is 1. The van der Waals surface area contributed by atoms with Gasteiger partial charge in [0.15, 0.2) is 0 Å². The summed E-state index contributed by atoms with van der Waals surface area (Å²) in [5.74, 6) is 1.28. The van der Waals surface area contributed by atoms with Crippen molar-refractivity contribution in [1.29, 1.82) is 0 Å². The Morgan fingerprint density at radius 2 is 1.74 bits per heavy atom. The normalized spacial score (nSPS) is 15.9. The molecule has 4 N–H and O–H groups in total. The average molecular weight is 363 g/mol. The Balaban J connectivity index is 1.72. The number of rotatable bonds is 6. The number of hydrogen-bond donors (Lipinski definition) is 3. The molecule has 6 nitrogen and oxygen atoms in total. The average Bonchev–Trinajstić information content (AvgIpc) is 3.05. The van der Waals surface area contributed by atoms with Crippen LogP contribution < -0.4 is 20.5 Å². The number of hydrogen-bond acceptors (Lipinski definition) is 4. The van der Waals surface area contributed by atoms with E-state index in [1.54, 1.807) is 0 Å². The molecule has 0 aliphatic carbocycles. The molecule has 0 fully saturated rings. The topological polar surface area (TPSA) is 73.3 Å². The van der Waals surface area contributed by atoms with Crippen molar-refractivity contribution in [3.8, 4) is 0 Å². The van der Waals surface area contributed by atoms with Crippen LogP contribution in [0.25, 0.3) is 11.0 Å². The summed E-state index contributed by atoms with van der Waals surface area (Å²) in [4.78, 5) is 10.5. The van der Waals surface area contributed by atoms with E-state index in [0.717, 1.165) is 48.5 Å². The molecule has 1 atom stereocenters. The summed E-state index contributed by atoms with van der Waals surface area (Å²) in [6.07, 6.45) is 2.11. The number of aromatic nitrogens is 2. The number of nitrogens with two attached hydrogens (primary N) is 1. The lowest BCUT2D eigenvalue weighted by atomic mass is 10.1. The number of nitrogens with zero attached hydrogens (tertiary/aromatic N) is 3. The Morgan fingerprint density at radius 1 is 1.04 bits per heavy atom. The predicted octanol–water partition coefficient (Wildman–Crippen LogP) is 3.37. The van der Waals surface area contributed by atoms with E-state index >= 15 is 0 Å². The highest BCUT2D eigenvalue weighted by Gasteiger charge is 2.30. The van der Waals surface area contributed by atoms with Crippen molar-refractivity contribution in [2.45, 2.75) is 32.9 Å². The number of aliphatic imine (C=N–C) groups is 1. The standard InChI is InChI=1S/C21H26N6/c1-3-13-26(14-4-2)16-11-9-15(10-12-16)19-24-20(22)25-21-23-17-7-5-6-8-18(17)27(19)21/h5-12,19H,3-4,13-14H2,1-2H3,(H3,22,23,24,25)/p+1/t19-/m1/s1. The van der Waals surface area contributed by atoms with Gasteiger partial charge in [0.1, 0.15) is 11.0 Å². The van der Waals surface area contributed by atoms with E-state index < -0.39 is 0 Å². The van der Waals surface area contributed by atoms with E-state index in [1.165, 1.54) is 5.69 Å². The Morgan fingerprint density at radius 3 is 2.44 bits per heavy atom. The molecular weight excluding hydrogens is 336 g/mol. The fraction of sp³-hybridized carbons (Fsp3) is 0.333. The lowest BCUT2D eigenvalue weighted by Crippen LogP contribution is -2.48. The monoisotopic (exact) mass is 363 g/mol. The van der Waals surface area contributed by atoms with E-state index in [-0.39, 0.29) is 6.17 Å². The molecule has 0 unspecified atom stereocenters. The fourth-order valence-electron chi connectivity index (χ4n) is 3.78. The fourth-order valence-corrected chi connectivity index (χ4v) is 3.78. The molecule has 1 aromatic heterocycles. The van der Waals surface area contributed by atoms with Crippen molar-refractivity contribution in [3.63, 3.8) is 0 Å². The maximum Gasteiger partial charge on any atom is 0.365 e. The number of aromatic amines is 1. The second-order valence-electron chi connectivity index (χ2n) is 6.95. The van der Waals surface area contributed by atoms with Crippen molar-refractivity contribution < 1.29 is 4.57 Å². The van der Waals surface area contributed by atoms with Crippen LogP contribution in [0.1, 0.15) is 38.4 Å². The van der Waals surface area contributed by atoms with Gasteiger partial charge in [-0.15, -0.1) is 0 Å². The van der Waals surface area contributed by atoms with Gasteiger partial charge in [0.05, 0.1) is 0 Å². The zero-order chi connectivity index (χ0) is 18.8. The zero-order valence-corrected chi connectivity index (χ0v) is 15.9. The van der Waals surface area contributed by atoms with Crippen LogP contribution in [0.5, 0.6) is 0 Å². The third-order valence-electron chi connectivity index (χ3n) is 4.95. The van der Waals surface area contributed by atoms with Crippen LogP contribution in [0.15, 0.2) is 53.5 Å². The lowest BCUT2D eigenvalue weighted by molar-refractivity contribution is -0.674. The van der Waals surface area contributed by atoms with E-state index in [9.17, 15) is 0 Å². The van der Waals surface area contributed by atoms with Crippen LogP contribution >= 0.6 is 0 Å². The maximum absolute atomic E-state index is 6.05. The van der Waals surface area contributed by atoms with Gasteiger partial charge < -0.3 is 10.6 Å². The molecule has 0 radical (unpaired) electrons. The van der Waals surface area contributed by atoms with Gasteiger partial charge in [0.2, 0.25) is 6.17 Å². The summed E-state index contributed by atoms with van der Waals surface area (Å²) in [7, 11) is 0. The third-order valence-corrected chi connectivity index (χ3v) is 4.95. The van der Waals surface area contributed by atoms with Crippen LogP contribution in [-0.2, 0) is 0 Å². The number of anilines is 2. The zero-order valence-electron chi connectivity index (χ0n) is 15.9. The van der Waals surface area contributed by atoms with Gasteiger partial charge >= 0.3 is 5.95 Å². The highest BCUT2D eigenvalue weighted by atomic mass is 15.4. The Bertz CT molecular complexity index is 950. The van der Waals surface area contributed by atoms with Crippen molar-refractivity contribution in [2.24, 2.45) is 10.7 Å². The molecule has 6 heteroatoms. The lowest BCUT2D eigenvalue weighted by Gasteiger charge is -2.24. The quantitative estimate of drug-likeness (QED) is 0.588. The minimum atomic E-state index is -0.183. The summed E-state index contributed by atoms with van der Waals surface area (Å²) < 4.78 is 2.16. The minimum Gasteiger partial charge on any atom is -0.372 e. The second kappa shape index (κ2) is 7.31. The number of fused-ring (bicyclic) bond motifs is 3. The van der Waals surface area contributed by atoms with E-state index in [4.69, 9.17) is 5.73 Å². The van der Waals surface area contributed by atoms with Crippen LogP contribution in [-0.4, -0.2) is 24.0 Å². The molecule has 2 aromatic carbocycles. The van der Waals surface area contributed by atoms with E-state index in [2.05, 4.69) is 75.0 Å². The highest BCUT2D eigenvalue weighted by Crippen LogP contribution is 2.26. The molecule has 1 aliphatic rings. The summed E-state index contributed by atoms with van der Waals surface area (Å²) in [5.41, 5.74) is 10.6. The third kappa shape index (κ3) is 3.23. The number of nitrogens with one attached hydrogen (secondary N) is 2. The van der Waals surface area contributed by atoms with Gasteiger partial charge in [-0.2, -0.15) is 4.99 Å². The summed E-state index contributed by atoms with van der Waals surface area (Å²) >= 11 is 0. The maximum atomic E-state index is 6.05. The first-order chi connectivity index (χ1) is 13.2. The molecular formula is C21H27N6+. The highest BCUT2D eigenvalue weighted by molar-refractivity contribution is 5.92. The summed E-state index contributed by atoms with van der Waals surface area (Å²) in [5, 5.41) is 3.14. The van der Waals surface area contributed by atoms with Gasteiger partial charge in [0, 0.05) is 24.3 Å². The van der Waals surface area contributed by atoms with Gasteiger partial charge in [0.25, 0.3) is 5.96 Å². The van der Waals surface area contributed by atoms with Crippen LogP contribution in [0.4, 0.5) is 11.6 Å². The predicted molar refractivity (Wildman–Crippen MR) is 111 cm³/mol. The number of benzene rings is 2. The molecule has 27 heavy (non-hydrogen) atoms. The SMILES string of the molecule is CCCN(CCC)c1ccc([C@@H]2N=C(N)Nc3[nH]c4ccccc4[n+]32)cc1. The van der Waals surface area contributed by atoms with Crippen LogP contribution in [0.2, 0.25) is 0 Å². The smallest absolute Gasteiger partial charge is 0.365 e. The van der Waals surface area contributed by atoms with Gasteiger partial charge in [-0.05, 0) is 37.1 Å². The van der Waals surface area contributed by atoms with Crippen molar-refractivity contribution >= 4 is 28.6 Å². The largest absolute Gasteiger partial charge is 0.372 e. The Labute approximate surface area is 159 Å². The molecule has 0 spiro atoms. The molecule has 0 saturated heterocycles. The van der Waals surface area contributed by atoms with Crippen molar-refractivity contribution in [1.82, 2.24) is 4.98 Å². The Kier molecular flexibility index (Phi) is 4.71. The number of H-pyrrole nitrogens is 1. The van der Waals surface area contributed by atoms with Crippen LogP contribution in [0.3, 0.4) is 0 Å². The second-order valence-corrected chi connectivity index (χ2v) is 6.95. The molecule has 1 aliphatic heterocycles. The van der Waals surface area contributed by atoms with E-state index in [0.29, 0.717) is 5.96 Å². The number of para-hydroxylation sites is 2. The van der Waals surface area contributed by atoms with Gasteiger partial charge in [-0.1, -0.05) is 38.1 Å². The Hall–Kier alpha value is -3.02. The molecule has 2 heterocycles. The first kappa shape index (κ1) is 17.4. The summed E-state index contributed by atoms with van der Waals surface area (Å²) in [6, 6.07) is 16.9. The molecule has 0 saturated carbocycles. The van der Waals surface area contributed by atoms with Gasteiger partial charge in [-0.25, -0.2) is 14.9 Å². The number of imidazole rings is 1. The summed E-state index contributed by atoms with van der Waals surface area (Å²) in [6.45, 7) is 6.59. The first-order valence-electron chi connectivity index (χ1n) is 9.68. The molecule has 4 rings (SSSR count). The van der Waals surface area contributed by atoms with Crippen LogP contribution in [0, 0.1) is 0 Å². The van der Waals surface area contributed by atoms with Gasteiger partial charge in [-0.3, -0.25) is 0 Å².